The van der Waals surface area contributed by atoms with Gasteiger partial charge in [0.05, 0.1) is 21.3 Å². The molecule has 41 heavy (non-hydrogen) atoms. The Hall–Kier alpha value is -4.76. The lowest BCUT2D eigenvalue weighted by Gasteiger charge is -2.15. The summed E-state index contributed by atoms with van der Waals surface area (Å²) in [5, 5.41) is 5.58. The lowest BCUT2D eigenvalue weighted by molar-refractivity contribution is -0.113. The van der Waals surface area contributed by atoms with Crippen molar-refractivity contribution in [2.24, 2.45) is 0 Å². The first-order valence-electron chi connectivity index (χ1n) is 12.6. The van der Waals surface area contributed by atoms with E-state index in [4.69, 9.17) is 14.2 Å². The molecule has 2 amide bonds. The maximum absolute atomic E-state index is 14.0. The van der Waals surface area contributed by atoms with Gasteiger partial charge in [-0.3, -0.25) is 9.59 Å². The van der Waals surface area contributed by atoms with Gasteiger partial charge in [-0.1, -0.05) is 42.5 Å². The monoisotopic (exact) mass is 572 g/mol. The van der Waals surface area contributed by atoms with Crippen LogP contribution in [-0.4, -0.2) is 33.1 Å². The summed E-state index contributed by atoms with van der Waals surface area (Å²) in [5.74, 6) is 0.367. The zero-order valence-corrected chi connectivity index (χ0v) is 23.6. The van der Waals surface area contributed by atoms with Crippen LogP contribution in [0.5, 0.6) is 17.2 Å². The normalized spacial score (nSPS) is 11.0. The van der Waals surface area contributed by atoms with Crippen LogP contribution in [0.25, 0.3) is 6.08 Å². The van der Waals surface area contributed by atoms with Gasteiger partial charge in [0.2, 0.25) is 5.75 Å². The highest BCUT2D eigenvalue weighted by Crippen LogP contribution is 2.38. The topological polar surface area (TPSA) is 85.9 Å². The average Bonchev–Trinajstić information content (AvgIpc) is 3.00. The van der Waals surface area contributed by atoms with Crippen LogP contribution in [0.1, 0.15) is 21.5 Å². The number of carbonyl (C=O) groups excluding carboxylic acids is 2. The maximum Gasteiger partial charge on any atom is 0.272 e. The first kappa shape index (κ1) is 29.2. The molecule has 0 saturated heterocycles. The Morgan fingerprint density at radius 2 is 1.51 bits per heavy atom. The van der Waals surface area contributed by atoms with E-state index in [1.165, 1.54) is 45.2 Å². The van der Waals surface area contributed by atoms with Gasteiger partial charge in [-0.05, 0) is 65.7 Å². The molecule has 4 aromatic carbocycles. The lowest BCUT2D eigenvalue weighted by Crippen LogP contribution is -2.30. The lowest BCUT2D eigenvalue weighted by atomic mass is 10.1. The minimum Gasteiger partial charge on any atom is -0.493 e. The van der Waals surface area contributed by atoms with Crippen molar-refractivity contribution in [2.75, 3.05) is 26.6 Å². The summed E-state index contributed by atoms with van der Waals surface area (Å²) in [6, 6.07) is 25.7. The second-order valence-corrected chi connectivity index (χ2v) is 9.75. The van der Waals surface area contributed by atoms with E-state index < -0.39 is 11.8 Å². The van der Waals surface area contributed by atoms with Gasteiger partial charge in [-0.2, -0.15) is 0 Å². The SMILES string of the molecule is COc1cc(/C=C(/NC(=O)c2ccccc2)C(=O)Nc2cccc(SCc3ccccc3F)c2)cc(OC)c1OC. The fourth-order valence-electron chi connectivity index (χ4n) is 3.93. The Bertz CT molecular complexity index is 1530. The minimum atomic E-state index is -0.542. The largest absolute Gasteiger partial charge is 0.493 e. The van der Waals surface area contributed by atoms with Crippen molar-refractivity contribution in [2.45, 2.75) is 10.6 Å². The zero-order valence-electron chi connectivity index (χ0n) is 22.8. The number of methoxy groups -OCH3 is 3. The second kappa shape index (κ2) is 14.0. The first-order valence-corrected chi connectivity index (χ1v) is 13.6. The van der Waals surface area contributed by atoms with Crippen molar-refractivity contribution < 1.29 is 28.2 Å². The van der Waals surface area contributed by atoms with E-state index in [1.54, 1.807) is 78.9 Å². The highest BCUT2D eigenvalue weighted by molar-refractivity contribution is 7.98. The predicted octanol–water partition coefficient (Wildman–Crippen LogP) is 6.55. The van der Waals surface area contributed by atoms with Crippen LogP contribution in [0.3, 0.4) is 0 Å². The zero-order chi connectivity index (χ0) is 29.2. The van der Waals surface area contributed by atoms with Crippen molar-refractivity contribution in [3.63, 3.8) is 0 Å². The number of hydrogen-bond donors (Lipinski definition) is 2. The Balaban J connectivity index is 1.61. The molecular weight excluding hydrogens is 543 g/mol. The molecule has 0 heterocycles. The molecule has 0 aliphatic rings. The van der Waals surface area contributed by atoms with Crippen molar-refractivity contribution in [1.29, 1.82) is 0 Å². The number of hydrogen-bond acceptors (Lipinski definition) is 6. The van der Waals surface area contributed by atoms with Gasteiger partial charge in [0.1, 0.15) is 11.5 Å². The molecule has 0 aromatic heterocycles. The predicted molar refractivity (Wildman–Crippen MR) is 159 cm³/mol. The molecule has 7 nitrogen and oxygen atoms in total. The highest BCUT2D eigenvalue weighted by atomic mass is 32.2. The number of halogens is 1. The number of carbonyl (C=O) groups is 2. The Labute approximate surface area is 242 Å². The van der Waals surface area contributed by atoms with Gasteiger partial charge < -0.3 is 24.8 Å². The number of ether oxygens (including phenoxy) is 3. The molecule has 0 aliphatic carbocycles. The van der Waals surface area contributed by atoms with Crippen LogP contribution in [0.15, 0.2) is 102 Å². The highest BCUT2D eigenvalue weighted by Gasteiger charge is 2.18. The van der Waals surface area contributed by atoms with Crippen LogP contribution in [0.4, 0.5) is 10.1 Å². The first-order chi connectivity index (χ1) is 19.9. The van der Waals surface area contributed by atoms with E-state index in [0.717, 1.165) is 4.90 Å². The van der Waals surface area contributed by atoms with Gasteiger partial charge in [0.15, 0.2) is 11.5 Å². The summed E-state index contributed by atoms with van der Waals surface area (Å²) in [4.78, 5) is 27.4. The summed E-state index contributed by atoms with van der Waals surface area (Å²) in [7, 11) is 4.48. The molecule has 0 radical (unpaired) electrons. The maximum atomic E-state index is 14.0. The summed E-state index contributed by atoms with van der Waals surface area (Å²) in [5.41, 5.74) is 2.02. The van der Waals surface area contributed by atoms with Crippen LogP contribution in [-0.2, 0) is 10.5 Å². The van der Waals surface area contributed by atoms with Gasteiger partial charge in [-0.25, -0.2) is 4.39 Å². The van der Waals surface area contributed by atoms with E-state index in [1.807, 2.05) is 6.07 Å². The molecule has 0 fully saturated rings. The summed E-state index contributed by atoms with van der Waals surface area (Å²) >= 11 is 1.44. The molecule has 4 aromatic rings. The van der Waals surface area contributed by atoms with Gasteiger partial charge >= 0.3 is 0 Å². The molecule has 0 spiro atoms. The van der Waals surface area contributed by atoms with E-state index in [0.29, 0.717) is 45.4 Å². The fourth-order valence-corrected chi connectivity index (χ4v) is 4.87. The molecule has 0 aliphatic heterocycles. The number of amides is 2. The molecule has 210 valence electrons. The van der Waals surface area contributed by atoms with E-state index in [2.05, 4.69) is 10.6 Å². The molecule has 0 unspecified atom stereocenters. The van der Waals surface area contributed by atoms with Crippen molar-refractivity contribution in [3.05, 3.63) is 119 Å². The Morgan fingerprint density at radius 1 is 0.829 bits per heavy atom. The summed E-state index contributed by atoms with van der Waals surface area (Å²) in [6.07, 6.45) is 1.53. The third-order valence-electron chi connectivity index (χ3n) is 5.97. The Kier molecular flexibility index (Phi) is 10.0. The number of thioether (sulfide) groups is 1. The van der Waals surface area contributed by atoms with Crippen molar-refractivity contribution in [3.8, 4) is 17.2 Å². The summed E-state index contributed by atoms with van der Waals surface area (Å²) < 4.78 is 30.3. The van der Waals surface area contributed by atoms with E-state index in [9.17, 15) is 14.0 Å². The standard InChI is InChI=1S/C32H29FN2O5S/c1-38-28-17-21(18-29(39-2)30(28)40-3)16-27(35-31(36)22-10-5-4-6-11-22)32(37)34-24-13-9-14-25(19-24)41-20-23-12-7-8-15-26(23)33/h4-19H,20H2,1-3H3,(H,34,37)(H,35,36)/b27-16+. The molecule has 0 atom stereocenters. The second-order valence-electron chi connectivity index (χ2n) is 8.70. The minimum absolute atomic E-state index is 0.00228. The Morgan fingerprint density at radius 3 is 2.17 bits per heavy atom. The number of rotatable bonds is 11. The molecule has 4 rings (SSSR count). The van der Waals surface area contributed by atoms with Crippen LogP contribution in [0, 0.1) is 5.82 Å². The quantitative estimate of drug-likeness (QED) is 0.157. The number of anilines is 1. The molecule has 9 heteroatoms. The van der Waals surface area contributed by atoms with E-state index >= 15 is 0 Å². The van der Waals surface area contributed by atoms with Gasteiger partial charge in [-0.15, -0.1) is 11.8 Å². The molecular formula is C32H29FN2O5S. The molecule has 2 N–H and O–H groups in total. The van der Waals surface area contributed by atoms with Gasteiger partial charge in [0, 0.05) is 21.9 Å². The van der Waals surface area contributed by atoms with Crippen molar-refractivity contribution in [1.82, 2.24) is 5.32 Å². The van der Waals surface area contributed by atoms with Crippen LogP contribution >= 0.6 is 11.8 Å². The van der Waals surface area contributed by atoms with Crippen molar-refractivity contribution >= 4 is 35.3 Å². The van der Waals surface area contributed by atoms with Crippen LogP contribution in [0.2, 0.25) is 0 Å². The molecule has 0 bridgehead atoms. The number of nitrogens with one attached hydrogen (secondary N) is 2. The van der Waals surface area contributed by atoms with Crippen LogP contribution < -0.4 is 24.8 Å². The summed E-state index contributed by atoms with van der Waals surface area (Å²) in [6.45, 7) is 0. The third-order valence-corrected chi connectivity index (χ3v) is 7.01. The smallest absolute Gasteiger partial charge is 0.272 e. The fraction of sp³-hybridized carbons (Fsp3) is 0.125. The molecule has 0 saturated carbocycles. The third kappa shape index (κ3) is 7.67. The average molecular weight is 573 g/mol. The van der Waals surface area contributed by atoms with Gasteiger partial charge in [0.25, 0.3) is 11.8 Å². The van der Waals surface area contributed by atoms with E-state index in [-0.39, 0.29) is 11.5 Å². The number of benzene rings is 4.